The number of carbonyl (C=O) groups is 2. The Labute approximate surface area is 210 Å². The van der Waals surface area contributed by atoms with Crippen molar-refractivity contribution in [3.63, 3.8) is 0 Å². The van der Waals surface area contributed by atoms with Gasteiger partial charge in [-0.2, -0.15) is 15.1 Å². The highest BCUT2D eigenvalue weighted by atomic mass is 16.5. The van der Waals surface area contributed by atoms with E-state index in [0.717, 1.165) is 5.56 Å². The molecular weight excluding hydrogens is 480 g/mol. The average molecular weight is 502 g/mol. The van der Waals surface area contributed by atoms with Crippen LogP contribution in [-0.4, -0.2) is 55.0 Å². The molecule has 12 nitrogen and oxygen atoms in total. The number of fused-ring (bicyclic) bond motifs is 1. The second-order valence-electron chi connectivity index (χ2n) is 7.80. The molecule has 4 aromatic heterocycles. The van der Waals surface area contributed by atoms with Crippen LogP contribution in [0.15, 0.2) is 65.6 Å². The van der Waals surface area contributed by atoms with Crippen LogP contribution >= 0.6 is 0 Å². The molecule has 4 heterocycles. The highest BCUT2D eigenvalue weighted by Crippen LogP contribution is 2.25. The Morgan fingerprint density at radius 2 is 1.89 bits per heavy atom. The molecule has 12 heteroatoms. The molecule has 5 rings (SSSR count). The smallest absolute Gasteiger partial charge is 0.373 e. The number of hydrogen-bond donors (Lipinski definition) is 0. The van der Waals surface area contributed by atoms with Crippen LogP contribution in [0.4, 0.5) is 0 Å². The van der Waals surface area contributed by atoms with Crippen molar-refractivity contribution in [2.24, 2.45) is 0 Å². The van der Waals surface area contributed by atoms with Crippen molar-refractivity contribution in [2.75, 3.05) is 13.7 Å². The molecule has 5 aromatic rings. The number of rotatable bonds is 9. The number of methoxy groups -OCH3 is 1. The predicted octanol–water partition coefficient (Wildman–Crippen LogP) is 3.20. The van der Waals surface area contributed by atoms with E-state index in [2.05, 4.69) is 20.1 Å². The normalized spacial score (nSPS) is 11.0. The molecule has 37 heavy (non-hydrogen) atoms. The van der Waals surface area contributed by atoms with Crippen molar-refractivity contribution in [1.29, 1.82) is 0 Å². The number of aromatic nitrogens is 6. The lowest BCUT2D eigenvalue weighted by atomic mass is 10.2. The summed E-state index contributed by atoms with van der Waals surface area (Å²) in [6.07, 6.45) is 4.44. The number of hydrogen-bond acceptors (Lipinski definition) is 10. The summed E-state index contributed by atoms with van der Waals surface area (Å²) in [4.78, 5) is 37.5. The standard InChI is InChI=1S/C25H22N6O6/c1-3-35-23(32)17-11-27-31(12-17)25-28-21-20(22(29-25)36-14-16-7-5-4-6-8-16)26-15-30(21)13-18-9-10-19(37-18)24(33)34-2/h4-12,15H,3,13-14H2,1-2H3. The first-order chi connectivity index (χ1) is 18.1. The number of ether oxygens (including phenoxy) is 3. The molecule has 0 aliphatic heterocycles. The molecule has 0 fully saturated rings. The maximum Gasteiger partial charge on any atom is 0.373 e. The van der Waals surface area contributed by atoms with Crippen LogP contribution < -0.4 is 4.74 Å². The van der Waals surface area contributed by atoms with Gasteiger partial charge in [0.1, 0.15) is 12.4 Å². The first-order valence-electron chi connectivity index (χ1n) is 11.3. The third-order valence-corrected chi connectivity index (χ3v) is 5.31. The van der Waals surface area contributed by atoms with E-state index in [9.17, 15) is 9.59 Å². The van der Waals surface area contributed by atoms with E-state index < -0.39 is 11.9 Å². The minimum atomic E-state index is -0.570. The Balaban J connectivity index is 1.52. The van der Waals surface area contributed by atoms with Gasteiger partial charge in [0.05, 0.1) is 38.3 Å². The van der Waals surface area contributed by atoms with Crippen molar-refractivity contribution in [2.45, 2.75) is 20.1 Å². The second kappa shape index (κ2) is 10.3. The summed E-state index contributed by atoms with van der Waals surface area (Å²) in [5.41, 5.74) is 2.08. The minimum absolute atomic E-state index is 0.0900. The van der Waals surface area contributed by atoms with Crippen LogP contribution in [-0.2, 0) is 22.6 Å². The third-order valence-electron chi connectivity index (χ3n) is 5.31. The highest BCUT2D eigenvalue weighted by molar-refractivity contribution is 5.89. The molecule has 0 radical (unpaired) electrons. The van der Waals surface area contributed by atoms with Gasteiger partial charge in [0, 0.05) is 6.20 Å². The lowest BCUT2D eigenvalue weighted by Gasteiger charge is -2.09. The van der Waals surface area contributed by atoms with Gasteiger partial charge < -0.3 is 23.2 Å². The summed E-state index contributed by atoms with van der Waals surface area (Å²) in [5.74, 6) is -0.0748. The number of nitrogens with zero attached hydrogens (tertiary/aromatic N) is 6. The van der Waals surface area contributed by atoms with Crippen LogP contribution in [0.25, 0.3) is 17.1 Å². The van der Waals surface area contributed by atoms with E-state index in [-0.39, 0.29) is 42.9 Å². The summed E-state index contributed by atoms with van der Waals surface area (Å²) in [6, 6.07) is 12.8. The number of furan rings is 1. The summed E-state index contributed by atoms with van der Waals surface area (Å²) in [6.45, 7) is 2.46. The lowest BCUT2D eigenvalue weighted by molar-refractivity contribution is 0.0524. The minimum Gasteiger partial charge on any atom is -0.471 e. The summed E-state index contributed by atoms with van der Waals surface area (Å²) < 4.78 is 24.5. The SMILES string of the molecule is CCOC(=O)c1cnn(-c2nc(OCc3ccccc3)c3ncn(Cc4ccc(C(=O)OC)o4)c3n2)c1. The highest BCUT2D eigenvalue weighted by Gasteiger charge is 2.19. The molecule has 0 aliphatic rings. The zero-order chi connectivity index (χ0) is 25.8. The summed E-state index contributed by atoms with van der Waals surface area (Å²) in [7, 11) is 1.28. The molecule has 0 spiro atoms. The molecule has 1 aromatic carbocycles. The fourth-order valence-electron chi connectivity index (χ4n) is 3.55. The predicted molar refractivity (Wildman–Crippen MR) is 128 cm³/mol. The molecule has 0 aliphatic carbocycles. The first kappa shape index (κ1) is 23.7. The molecule has 0 atom stereocenters. The van der Waals surface area contributed by atoms with E-state index in [0.29, 0.717) is 16.9 Å². The molecule has 0 amide bonds. The maximum atomic E-state index is 12.1. The van der Waals surface area contributed by atoms with Crippen LogP contribution in [0.1, 0.15) is 39.2 Å². The van der Waals surface area contributed by atoms with Gasteiger partial charge in [0.2, 0.25) is 11.6 Å². The van der Waals surface area contributed by atoms with Gasteiger partial charge in [-0.3, -0.25) is 0 Å². The van der Waals surface area contributed by atoms with Gasteiger partial charge in [-0.05, 0) is 24.6 Å². The van der Waals surface area contributed by atoms with E-state index in [1.54, 1.807) is 23.9 Å². The number of imidazole rings is 1. The van der Waals surface area contributed by atoms with Crippen LogP contribution in [0, 0.1) is 0 Å². The Bertz CT molecular complexity index is 1550. The van der Waals surface area contributed by atoms with Gasteiger partial charge in [-0.15, -0.1) is 0 Å². The summed E-state index contributed by atoms with van der Waals surface area (Å²) >= 11 is 0. The van der Waals surface area contributed by atoms with E-state index in [1.807, 2.05) is 30.3 Å². The molecular formula is C25H22N6O6. The number of benzene rings is 1. The summed E-state index contributed by atoms with van der Waals surface area (Å²) in [5, 5.41) is 4.22. The van der Waals surface area contributed by atoms with E-state index in [1.165, 1.54) is 30.3 Å². The first-order valence-corrected chi connectivity index (χ1v) is 11.3. The van der Waals surface area contributed by atoms with Gasteiger partial charge in [0.15, 0.2) is 11.2 Å². The van der Waals surface area contributed by atoms with Gasteiger partial charge >= 0.3 is 11.9 Å². The van der Waals surface area contributed by atoms with E-state index >= 15 is 0 Å². The fraction of sp³-hybridized carbons (Fsp3) is 0.200. The molecule has 0 N–H and O–H groups in total. The monoisotopic (exact) mass is 502 g/mol. The quantitative estimate of drug-likeness (QED) is 0.276. The fourth-order valence-corrected chi connectivity index (χ4v) is 3.55. The van der Waals surface area contributed by atoms with Gasteiger partial charge in [-0.25, -0.2) is 19.3 Å². The molecule has 0 unspecified atom stereocenters. The van der Waals surface area contributed by atoms with Crippen molar-refractivity contribution < 1.29 is 28.2 Å². The Hall–Kier alpha value is -5.00. The molecule has 0 bridgehead atoms. The van der Waals surface area contributed by atoms with Crippen LogP contribution in [0.5, 0.6) is 5.88 Å². The van der Waals surface area contributed by atoms with Crippen molar-refractivity contribution in [3.05, 3.63) is 83.8 Å². The molecule has 0 saturated heterocycles. The van der Waals surface area contributed by atoms with Crippen molar-refractivity contribution in [1.82, 2.24) is 29.3 Å². The average Bonchev–Trinajstić information content (AvgIpc) is 3.68. The third kappa shape index (κ3) is 5.03. The second-order valence-corrected chi connectivity index (χ2v) is 7.80. The Morgan fingerprint density at radius 1 is 1.05 bits per heavy atom. The lowest BCUT2D eigenvalue weighted by Crippen LogP contribution is -2.08. The number of esters is 2. The van der Waals surface area contributed by atoms with Crippen molar-refractivity contribution in [3.8, 4) is 11.8 Å². The topological polar surface area (TPSA) is 136 Å². The molecule has 188 valence electrons. The van der Waals surface area contributed by atoms with Crippen molar-refractivity contribution >= 4 is 23.1 Å². The van der Waals surface area contributed by atoms with Gasteiger partial charge in [0.25, 0.3) is 5.95 Å². The van der Waals surface area contributed by atoms with Crippen LogP contribution in [0.3, 0.4) is 0 Å². The Morgan fingerprint density at radius 3 is 2.68 bits per heavy atom. The largest absolute Gasteiger partial charge is 0.471 e. The number of carbonyl (C=O) groups excluding carboxylic acids is 2. The van der Waals surface area contributed by atoms with Gasteiger partial charge in [-0.1, -0.05) is 30.3 Å². The zero-order valence-corrected chi connectivity index (χ0v) is 20.0. The zero-order valence-electron chi connectivity index (χ0n) is 20.0. The van der Waals surface area contributed by atoms with Crippen LogP contribution in [0.2, 0.25) is 0 Å². The Kier molecular flexibility index (Phi) is 6.62. The van der Waals surface area contributed by atoms with E-state index in [4.69, 9.17) is 18.6 Å². The molecule has 0 saturated carbocycles. The maximum absolute atomic E-state index is 12.1.